The Morgan fingerprint density at radius 1 is 0.947 bits per heavy atom. The third kappa shape index (κ3) is 18.1. The first kappa shape index (κ1) is 24.2. The van der Waals surface area contributed by atoms with Crippen molar-refractivity contribution < 1.29 is 107 Å². The maximum atomic E-state index is 10.3. The molecule has 0 unspecified atom stereocenters. The SMILES string of the molecule is O=C(O)CC(O)(CC(=O)O)C(=O)O.O=P(O)(O)O.[H-].[K+]. The Kier molecular flexibility index (Phi) is 12.6. The summed E-state index contributed by atoms with van der Waals surface area (Å²) in [6, 6.07) is 0. The minimum Gasteiger partial charge on any atom is -1.00 e. The molecule has 0 aromatic heterocycles. The summed E-state index contributed by atoms with van der Waals surface area (Å²) in [5.41, 5.74) is -2.74. The number of carboxylic acids is 3. The molecule has 0 aliphatic carbocycles. The summed E-state index contributed by atoms with van der Waals surface area (Å²) in [4.78, 5) is 52.0. The van der Waals surface area contributed by atoms with Crippen molar-refractivity contribution >= 4 is 25.7 Å². The molecule has 0 saturated heterocycles. The number of carbonyl (C=O) groups is 3. The van der Waals surface area contributed by atoms with Crippen molar-refractivity contribution in [1.82, 2.24) is 0 Å². The molecule has 11 nitrogen and oxygen atoms in total. The average Bonchev–Trinajstić information content (AvgIpc) is 1.95. The number of carboxylic acid groups (broad SMARTS) is 3. The van der Waals surface area contributed by atoms with Crippen molar-refractivity contribution in [2.75, 3.05) is 0 Å². The maximum Gasteiger partial charge on any atom is 1.00 e. The van der Waals surface area contributed by atoms with E-state index >= 15 is 0 Å². The van der Waals surface area contributed by atoms with E-state index in [-0.39, 0.29) is 52.8 Å². The smallest absolute Gasteiger partial charge is 1.00 e. The number of hydrogen-bond donors (Lipinski definition) is 7. The molecular formula is C6H12KO11P. The molecule has 108 valence electrons. The van der Waals surface area contributed by atoms with Crippen molar-refractivity contribution in [3.63, 3.8) is 0 Å². The Morgan fingerprint density at radius 3 is 1.26 bits per heavy atom. The number of hydrogen-bond acceptors (Lipinski definition) is 5. The van der Waals surface area contributed by atoms with Gasteiger partial charge in [0.05, 0.1) is 12.8 Å². The van der Waals surface area contributed by atoms with Crippen LogP contribution in [0.4, 0.5) is 0 Å². The second kappa shape index (κ2) is 9.93. The molecule has 0 atom stereocenters. The molecule has 0 heterocycles. The average molecular weight is 330 g/mol. The summed E-state index contributed by atoms with van der Waals surface area (Å²) in [7, 11) is -4.64. The summed E-state index contributed by atoms with van der Waals surface area (Å²) in [5.74, 6) is -5.02. The van der Waals surface area contributed by atoms with E-state index in [0.717, 1.165) is 0 Å². The maximum absolute atomic E-state index is 10.3. The topological polar surface area (TPSA) is 210 Å². The normalized spacial score (nSPS) is 10.5. The van der Waals surface area contributed by atoms with Crippen LogP contribution >= 0.6 is 7.82 Å². The van der Waals surface area contributed by atoms with Crippen LogP contribution < -0.4 is 51.4 Å². The van der Waals surface area contributed by atoms with Gasteiger partial charge >= 0.3 is 77.1 Å². The van der Waals surface area contributed by atoms with Crippen LogP contribution in [-0.4, -0.2) is 58.6 Å². The number of aliphatic hydroxyl groups is 1. The van der Waals surface area contributed by atoms with Gasteiger partial charge in [0.1, 0.15) is 0 Å². The fraction of sp³-hybridized carbons (Fsp3) is 0.500. The van der Waals surface area contributed by atoms with Crippen LogP contribution in [0.15, 0.2) is 0 Å². The third-order valence-corrected chi connectivity index (χ3v) is 1.29. The molecule has 19 heavy (non-hydrogen) atoms. The standard InChI is InChI=1S/C6H8O7.K.H3O4P.H/c7-3(8)1-6(13,5(11)12)2-4(9)10;;1-5(2,3)4;/h13H,1-2H2,(H,7,8)(H,9,10)(H,11,12);;(H3,1,2,3,4);/q;+1;;-1. The third-order valence-electron chi connectivity index (χ3n) is 1.29. The molecule has 0 spiro atoms. The summed E-state index contributed by atoms with van der Waals surface area (Å²) in [5, 5.41) is 33.8. The molecule has 13 heteroatoms. The van der Waals surface area contributed by atoms with E-state index in [1.807, 2.05) is 0 Å². The van der Waals surface area contributed by atoms with Crippen LogP contribution in [0.5, 0.6) is 0 Å². The molecule has 0 radical (unpaired) electrons. The summed E-state index contributed by atoms with van der Waals surface area (Å²) < 4.78 is 8.88. The molecule has 0 saturated carbocycles. The second-order valence-corrected chi connectivity index (χ2v) is 4.02. The molecule has 0 amide bonds. The van der Waals surface area contributed by atoms with E-state index in [1.165, 1.54) is 0 Å². The zero-order chi connectivity index (χ0) is 15.1. The Bertz CT molecular complexity index is 355. The Hall–Kier alpha value is 0.116. The minimum absolute atomic E-state index is 0. The van der Waals surface area contributed by atoms with Crippen molar-refractivity contribution in [2.24, 2.45) is 0 Å². The zero-order valence-electron chi connectivity index (χ0n) is 10.6. The predicted molar refractivity (Wildman–Crippen MR) is 52.5 cm³/mol. The quantitative estimate of drug-likeness (QED) is 0.187. The van der Waals surface area contributed by atoms with Gasteiger partial charge in [-0.15, -0.1) is 0 Å². The van der Waals surface area contributed by atoms with Gasteiger partial charge in [-0.1, -0.05) is 0 Å². The largest absolute Gasteiger partial charge is 1.00 e. The van der Waals surface area contributed by atoms with Crippen LogP contribution in [0, 0.1) is 0 Å². The van der Waals surface area contributed by atoms with E-state index in [4.69, 9.17) is 39.7 Å². The molecule has 0 fully saturated rings. The first-order valence-electron chi connectivity index (χ1n) is 3.95. The molecule has 0 aromatic carbocycles. The molecule has 0 aliphatic rings. The summed E-state index contributed by atoms with van der Waals surface area (Å²) in [6.07, 6.45) is -2.29. The first-order valence-corrected chi connectivity index (χ1v) is 5.52. The van der Waals surface area contributed by atoms with Crippen molar-refractivity contribution in [1.29, 1.82) is 0 Å². The Morgan fingerprint density at radius 2 is 1.16 bits per heavy atom. The fourth-order valence-corrected chi connectivity index (χ4v) is 0.714. The van der Waals surface area contributed by atoms with Crippen LogP contribution in [0.25, 0.3) is 0 Å². The van der Waals surface area contributed by atoms with Crippen molar-refractivity contribution in [3.05, 3.63) is 0 Å². The Balaban J connectivity index is -0.000000158. The van der Waals surface area contributed by atoms with Gasteiger partial charge in [0.15, 0.2) is 5.60 Å². The molecular weight excluding hydrogens is 318 g/mol. The van der Waals surface area contributed by atoms with E-state index in [9.17, 15) is 14.4 Å². The van der Waals surface area contributed by atoms with Gasteiger partial charge in [-0.25, -0.2) is 9.36 Å². The summed E-state index contributed by atoms with van der Waals surface area (Å²) >= 11 is 0. The first-order chi connectivity index (χ1) is 7.78. The van der Waals surface area contributed by atoms with E-state index < -0.39 is 44.2 Å². The van der Waals surface area contributed by atoms with Crippen molar-refractivity contribution in [2.45, 2.75) is 18.4 Å². The predicted octanol–water partition coefficient (Wildman–Crippen LogP) is -5.06. The van der Waals surface area contributed by atoms with Gasteiger partial charge in [0.25, 0.3) is 0 Å². The molecule has 7 N–H and O–H groups in total. The Labute approximate surface area is 150 Å². The van der Waals surface area contributed by atoms with E-state index in [2.05, 4.69) is 0 Å². The molecule has 0 aromatic rings. The monoisotopic (exact) mass is 330 g/mol. The summed E-state index contributed by atoms with van der Waals surface area (Å²) in [6.45, 7) is 0. The minimum atomic E-state index is -4.64. The molecule has 0 bridgehead atoms. The molecule has 0 aliphatic heterocycles. The van der Waals surface area contributed by atoms with Crippen LogP contribution in [0.3, 0.4) is 0 Å². The second-order valence-electron chi connectivity index (χ2n) is 2.99. The number of rotatable bonds is 5. The van der Waals surface area contributed by atoms with E-state index in [0.29, 0.717) is 0 Å². The van der Waals surface area contributed by atoms with Gasteiger partial charge in [0, 0.05) is 0 Å². The van der Waals surface area contributed by atoms with Crippen LogP contribution in [0.2, 0.25) is 0 Å². The zero-order valence-corrected chi connectivity index (χ0v) is 13.6. The fourth-order valence-electron chi connectivity index (χ4n) is 0.714. The number of phosphoric acid groups is 1. The van der Waals surface area contributed by atoms with Gasteiger partial charge < -0.3 is 36.5 Å². The van der Waals surface area contributed by atoms with Gasteiger partial charge in [0.2, 0.25) is 0 Å². The van der Waals surface area contributed by atoms with Crippen LogP contribution in [-0.2, 0) is 18.9 Å². The van der Waals surface area contributed by atoms with E-state index in [1.54, 1.807) is 0 Å². The van der Waals surface area contributed by atoms with Gasteiger partial charge in [-0.3, -0.25) is 9.59 Å². The number of aliphatic carboxylic acids is 3. The van der Waals surface area contributed by atoms with Gasteiger partial charge in [-0.2, -0.15) is 0 Å². The van der Waals surface area contributed by atoms with Crippen molar-refractivity contribution in [3.8, 4) is 0 Å². The van der Waals surface area contributed by atoms with Gasteiger partial charge in [-0.05, 0) is 0 Å². The van der Waals surface area contributed by atoms with Crippen LogP contribution in [0.1, 0.15) is 14.3 Å². The molecule has 0 rings (SSSR count).